The highest BCUT2D eigenvalue weighted by Gasteiger charge is 2.37. The predicted molar refractivity (Wildman–Crippen MR) is 54.8 cm³/mol. The second-order valence-electron chi connectivity index (χ2n) is 3.99. The summed E-state index contributed by atoms with van der Waals surface area (Å²) in [5.41, 5.74) is -0.144. The maximum Gasteiger partial charge on any atom is 0.152 e. The molecule has 0 aromatic carbocycles. The van der Waals surface area contributed by atoms with Gasteiger partial charge in [-0.05, 0) is 32.2 Å². The molecule has 0 amide bonds. The molecule has 1 rings (SSSR count). The average Bonchev–Trinajstić information content (AvgIpc) is 2.63. The smallest absolute Gasteiger partial charge is 0.152 e. The molecular weight excluding hydrogens is 162 g/mol. The zero-order valence-corrected chi connectivity index (χ0v) is 8.86. The van der Waals surface area contributed by atoms with E-state index in [1.807, 2.05) is 0 Å². The molecule has 2 heteroatoms. The summed E-state index contributed by atoms with van der Waals surface area (Å²) in [5.74, 6) is 0.439. The van der Waals surface area contributed by atoms with Crippen molar-refractivity contribution in [3.8, 4) is 0 Å². The van der Waals surface area contributed by atoms with Gasteiger partial charge in [-0.3, -0.25) is 4.79 Å². The summed E-state index contributed by atoms with van der Waals surface area (Å²) in [6, 6.07) is 0. The van der Waals surface area contributed by atoms with Crippen molar-refractivity contribution in [2.45, 2.75) is 57.9 Å². The first kappa shape index (κ1) is 10.7. The van der Waals surface area contributed by atoms with Crippen molar-refractivity contribution in [2.75, 3.05) is 6.54 Å². The van der Waals surface area contributed by atoms with Crippen LogP contribution in [0.4, 0.5) is 0 Å². The first-order valence-electron chi connectivity index (χ1n) is 5.53. The molecule has 1 aliphatic heterocycles. The van der Waals surface area contributed by atoms with Crippen molar-refractivity contribution < 1.29 is 4.79 Å². The van der Waals surface area contributed by atoms with Crippen molar-refractivity contribution in [1.29, 1.82) is 0 Å². The fourth-order valence-electron chi connectivity index (χ4n) is 2.12. The largest absolute Gasteiger partial charge is 0.305 e. The molecule has 0 aromatic heterocycles. The summed E-state index contributed by atoms with van der Waals surface area (Å²) in [6.07, 6.45) is 6.08. The van der Waals surface area contributed by atoms with Crippen molar-refractivity contribution in [3.63, 3.8) is 0 Å². The van der Waals surface area contributed by atoms with Gasteiger partial charge in [0.05, 0.1) is 5.54 Å². The molecule has 1 heterocycles. The van der Waals surface area contributed by atoms with Gasteiger partial charge in [-0.2, -0.15) is 0 Å². The minimum Gasteiger partial charge on any atom is -0.305 e. The van der Waals surface area contributed by atoms with Crippen LogP contribution in [0.15, 0.2) is 0 Å². The average molecular weight is 183 g/mol. The van der Waals surface area contributed by atoms with E-state index in [2.05, 4.69) is 19.2 Å². The molecule has 0 bridgehead atoms. The van der Waals surface area contributed by atoms with E-state index in [-0.39, 0.29) is 5.54 Å². The van der Waals surface area contributed by atoms with E-state index in [0.29, 0.717) is 5.78 Å². The first-order valence-corrected chi connectivity index (χ1v) is 5.53. The zero-order chi connectivity index (χ0) is 9.73. The fraction of sp³-hybridized carbons (Fsp3) is 0.909. The van der Waals surface area contributed by atoms with E-state index in [1.165, 1.54) is 0 Å². The molecule has 13 heavy (non-hydrogen) atoms. The summed E-state index contributed by atoms with van der Waals surface area (Å²) >= 11 is 0. The Labute approximate surface area is 81.1 Å². The van der Waals surface area contributed by atoms with Gasteiger partial charge in [0.15, 0.2) is 5.78 Å². The lowest BCUT2D eigenvalue weighted by Crippen LogP contribution is -2.46. The zero-order valence-electron chi connectivity index (χ0n) is 8.86. The van der Waals surface area contributed by atoms with E-state index in [1.54, 1.807) is 0 Å². The van der Waals surface area contributed by atoms with Crippen LogP contribution in [-0.4, -0.2) is 17.9 Å². The molecule has 0 spiro atoms. The molecule has 1 aliphatic rings. The van der Waals surface area contributed by atoms with Crippen LogP contribution in [0.25, 0.3) is 0 Å². The lowest BCUT2D eigenvalue weighted by Gasteiger charge is -2.26. The Morgan fingerprint density at radius 1 is 1.46 bits per heavy atom. The SMILES string of the molecule is CCCCC(=O)C1(CC)CCCN1. The second-order valence-corrected chi connectivity index (χ2v) is 3.99. The molecule has 0 aliphatic carbocycles. The van der Waals surface area contributed by atoms with Gasteiger partial charge >= 0.3 is 0 Å². The normalized spacial score (nSPS) is 27.8. The number of hydrogen-bond donors (Lipinski definition) is 1. The highest BCUT2D eigenvalue weighted by Crippen LogP contribution is 2.25. The van der Waals surface area contributed by atoms with Crippen LogP contribution in [0.2, 0.25) is 0 Å². The van der Waals surface area contributed by atoms with Gasteiger partial charge in [-0.15, -0.1) is 0 Å². The molecule has 0 saturated carbocycles. The van der Waals surface area contributed by atoms with Gasteiger partial charge in [-0.1, -0.05) is 20.3 Å². The molecule has 0 radical (unpaired) electrons. The van der Waals surface area contributed by atoms with E-state index >= 15 is 0 Å². The van der Waals surface area contributed by atoms with Crippen molar-refractivity contribution >= 4 is 5.78 Å². The van der Waals surface area contributed by atoms with Crippen LogP contribution in [0.1, 0.15) is 52.4 Å². The van der Waals surface area contributed by atoms with Crippen molar-refractivity contribution in [3.05, 3.63) is 0 Å². The quantitative estimate of drug-likeness (QED) is 0.708. The molecule has 1 unspecified atom stereocenters. The van der Waals surface area contributed by atoms with Crippen molar-refractivity contribution in [1.82, 2.24) is 5.32 Å². The van der Waals surface area contributed by atoms with Crippen LogP contribution < -0.4 is 5.32 Å². The highest BCUT2D eigenvalue weighted by molar-refractivity contribution is 5.88. The second kappa shape index (κ2) is 4.75. The molecular formula is C11H21NO. The topological polar surface area (TPSA) is 29.1 Å². The van der Waals surface area contributed by atoms with Gasteiger partial charge < -0.3 is 5.32 Å². The number of carbonyl (C=O) groups excluding carboxylic acids is 1. The van der Waals surface area contributed by atoms with Gasteiger partial charge in [0.2, 0.25) is 0 Å². The Kier molecular flexibility index (Phi) is 3.91. The van der Waals surface area contributed by atoms with Crippen LogP contribution in [0, 0.1) is 0 Å². The van der Waals surface area contributed by atoms with E-state index < -0.39 is 0 Å². The van der Waals surface area contributed by atoms with E-state index in [0.717, 1.165) is 45.1 Å². The number of nitrogens with one attached hydrogen (secondary N) is 1. The summed E-state index contributed by atoms with van der Waals surface area (Å²) in [4.78, 5) is 11.9. The summed E-state index contributed by atoms with van der Waals surface area (Å²) < 4.78 is 0. The van der Waals surface area contributed by atoms with Gasteiger partial charge in [0.25, 0.3) is 0 Å². The molecule has 1 atom stereocenters. The Morgan fingerprint density at radius 2 is 2.23 bits per heavy atom. The third-order valence-electron chi connectivity index (χ3n) is 3.14. The Bertz CT molecular complexity index is 171. The number of Topliss-reactive ketones (excluding diaryl/α,β-unsaturated/α-hetero) is 1. The standard InChI is InChI=1S/C11H21NO/c1-3-5-7-10(13)11(4-2)8-6-9-12-11/h12H,3-9H2,1-2H3. The Hall–Kier alpha value is -0.370. The Morgan fingerprint density at radius 3 is 2.69 bits per heavy atom. The highest BCUT2D eigenvalue weighted by atomic mass is 16.1. The monoisotopic (exact) mass is 183 g/mol. The molecule has 1 N–H and O–H groups in total. The van der Waals surface area contributed by atoms with Crippen LogP contribution in [-0.2, 0) is 4.79 Å². The van der Waals surface area contributed by atoms with E-state index in [9.17, 15) is 4.79 Å². The Balaban J connectivity index is 2.49. The van der Waals surface area contributed by atoms with Crippen molar-refractivity contribution in [2.24, 2.45) is 0 Å². The summed E-state index contributed by atoms with van der Waals surface area (Å²) in [6.45, 7) is 5.27. The lowest BCUT2D eigenvalue weighted by molar-refractivity contribution is -0.125. The number of unbranched alkanes of at least 4 members (excludes halogenated alkanes) is 1. The minimum absolute atomic E-state index is 0.144. The predicted octanol–water partition coefficient (Wildman–Crippen LogP) is 2.28. The lowest BCUT2D eigenvalue weighted by atomic mass is 9.87. The molecule has 1 saturated heterocycles. The number of carbonyl (C=O) groups is 1. The summed E-state index contributed by atoms with van der Waals surface area (Å²) in [5, 5.41) is 3.38. The molecule has 2 nitrogen and oxygen atoms in total. The number of hydrogen-bond acceptors (Lipinski definition) is 2. The fourth-order valence-corrected chi connectivity index (χ4v) is 2.12. The molecule has 1 fully saturated rings. The number of ketones is 1. The van der Waals surface area contributed by atoms with Gasteiger partial charge in [-0.25, -0.2) is 0 Å². The molecule has 0 aromatic rings. The van der Waals surface area contributed by atoms with Crippen LogP contribution >= 0.6 is 0 Å². The minimum atomic E-state index is -0.144. The van der Waals surface area contributed by atoms with E-state index in [4.69, 9.17) is 0 Å². The van der Waals surface area contributed by atoms with Gasteiger partial charge in [0.1, 0.15) is 0 Å². The number of rotatable bonds is 5. The third kappa shape index (κ3) is 2.31. The molecule has 76 valence electrons. The van der Waals surface area contributed by atoms with Gasteiger partial charge in [0, 0.05) is 6.42 Å². The maximum atomic E-state index is 11.9. The van der Waals surface area contributed by atoms with Crippen LogP contribution in [0.3, 0.4) is 0 Å². The maximum absolute atomic E-state index is 11.9. The summed E-state index contributed by atoms with van der Waals surface area (Å²) in [7, 11) is 0. The third-order valence-corrected chi connectivity index (χ3v) is 3.14. The first-order chi connectivity index (χ1) is 6.25. The van der Waals surface area contributed by atoms with Crippen LogP contribution in [0.5, 0.6) is 0 Å².